The van der Waals surface area contributed by atoms with E-state index in [2.05, 4.69) is 34.4 Å². The van der Waals surface area contributed by atoms with Crippen LogP contribution in [0, 0.1) is 0 Å². The number of hydrogen-bond acceptors (Lipinski definition) is 3. The Morgan fingerprint density at radius 2 is 1.62 bits per heavy atom. The Bertz CT molecular complexity index is 234. The molecule has 0 aliphatic rings. The van der Waals surface area contributed by atoms with Crippen LogP contribution in [-0.4, -0.2) is 63.8 Å². The Hall–Kier alpha value is -0.0800. The van der Waals surface area contributed by atoms with E-state index in [1.165, 1.54) is 25.9 Å². The maximum atomic E-state index is 5.29. The van der Waals surface area contributed by atoms with Gasteiger partial charge in [0, 0.05) is 26.7 Å². The Kier molecular flexibility index (Phi) is 19.8. The molecule has 0 unspecified atom stereocenters. The van der Waals surface area contributed by atoms with E-state index < -0.39 is 0 Å². The van der Waals surface area contributed by atoms with Crippen molar-refractivity contribution in [3.63, 3.8) is 0 Å². The standard InChI is InChI=1S/C15H34N4O.HI/c1-5-11-19(12-6-2)13-8-9-17-15(16-4)18-10-14-20-7-3;/h5-14H2,1-4H3,(H2,16,17,18);1H. The normalized spacial score (nSPS) is 11.4. The summed E-state index contributed by atoms with van der Waals surface area (Å²) in [6.45, 7) is 13.3. The Balaban J connectivity index is 0. The number of guanidine groups is 1. The van der Waals surface area contributed by atoms with Crippen LogP contribution in [0.2, 0.25) is 0 Å². The van der Waals surface area contributed by atoms with Gasteiger partial charge in [0.25, 0.3) is 0 Å². The maximum Gasteiger partial charge on any atom is 0.191 e. The van der Waals surface area contributed by atoms with Crippen molar-refractivity contribution in [1.29, 1.82) is 0 Å². The van der Waals surface area contributed by atoms with Crippen LogP contribution in [0.4, 0.5) is 0 Å². The Morgan fingerprint density at radius 1 is 1.00 bits per heavy atom. The van der Waals surface area contributed by atoms with Crippen molar-refractivity contribution in [2.75, 3.05) is 53.0 Å². The van der Waals surface area contributed by atoms with E-state index in [-0.39, 0.29) is 24.0 Å². The van der Waals surface area contributed by atoms with E-state index in [1.54, 1.807) is 7.05 Å². The summed E-state index contributed by atoms with van der Waals surface area (Å²) in [5.41, 5.74) is 0. The molecule has 2 N–H and O–H groups in total. The van der Waals surface area contributed by atoms with Gasteiger partial charge in [-0.2, -0.15) is 0 Å². The highest BCUT2D eigenvalue weighted by Crippen LogP contribution is 1.95. The van der Waals surface area contributed by atoms with Gasteiger partial charge in [0.15, 0.2) is 5.96 Å². The number of rotatable bonds is 12. The fraction of sp³-hybridized carbons (Fsp3) is 0.933. The Labute approximate surface area is 148 Å². The lowest BCUT2D eigenvalue weighted by molar-refractivity contribution is 0.152. The maximum absolute atomic E-state index is 5.29. The molecule has 0 fully saturated rings. The fourth-order valence-electron chi connectivity index (χ4n) is 2.08. The second-order valence-electron chi connectivity index (χ2n) is 4.82. The molecule has 0 atom stereocenters. The molecule has 0 heterocycles. The summed E-state index contributed by atoms with van der Waals surface area (Å²) in [7, 11) is 1.80. The molecule has 0 saturated heterocycles. The van der Waals surface area contributed by atoms with Crippen LogP contribution in [0.3, 0.4) is 0 Å². The van der Waals surface area contributed by atoms with Crippen molar-refractivity contribution >= 4 is 29.9 Å². The molecule has 0 aliphatic carbocycles. The Morgan fingerprint density at radius 3 is 2.14 bits per heavy atom. The van der Waals surface area contributed by atoms with E-state index >= 15 is 0 Å². The van der Waals surface area contributed by atoms with E-state index in [9.17, 15) is 0 Å². The topological polar surface area (TPSA) is 48.9 Å². The van der Waals surface area contributed by atoms with Crippen LogP contribution < -0.4 is 10.6 Å². The molecule has 0 spiro atoms. The van der Waals surface area contributed by atoms with Crippen LogP contribution in [0.5, 0.6) is 0 Å². The first-order valence-corrected chi connectivity index (χ1v) is 8.03. The van der Waals surface area contributed by atoms with Crippen molar-refractivity contribution in [3.05, 3.63) is 0 Å². The zero-order valence-electron chi connectivity index (χ0n) is 14.3. The molecule has 0 radical (unpaired) electrons. The van der Waals surface area contributed by atoms with Gasteiger partial charge in [-0.25, -0.2) is 0 Å². The zero-order valence-corrected chi connectivity index (χ0v) is 16.6. The molecule has 0 aliphatic heterocycles. The third-order valence-corrected chi connectivity index (χ3v) is 2.99. The largest absolute Gasteiger partial charge is 0.380 e. The van der Waals surface area contributed by atoms with Crippen LogP contribution >= 0.6 is 24.0 Å². The van der Waals surface area contributed by atoms with E-state index in [0.717, 1.165) is 45.2 Å². The minimum atomic E-state index is 0. The summed E-state index contributed by atoms with van der Waals surface area (Å²) in [5.74, 6) is 0.863. The number of halogens is 1. The molecule has 0 amide bonds. The van der Waals surface area contributed by atoms with Crippen molar-refractivity contribution in [3.8, 4) is 0 Å². The summed E-state index contributed by atoms with van der Waals surface area (Å²) in [6.07, 6.45) is 3.61. The highest BCUT2D eigenvalue weighted by Gasteiger charge is 2.02. The van der Waals surface area contributed by atoms with E-state index in [4.69, 9.17) is 4.74 Å². The lowest BCUT2D eigenvalue weighted by Crippen LogP contribution is -2.40. The lowest BCUT2D eigenvalue weighted by Gasteiger charge is -2.21. The monoisotopic (exact) mass is 414 g/mol. The van der Waals surface area contributed by atoms with Crippen molar-refractivity contribution in [2.45, 2.75) is 40.0 Å². The molecule has 0 saturated carbocycles. The van der Waals surface area contributed by atoms with Crippen molar-refractivity contribution in [2.24, 2.45) is 4.99 Å². The zero-order chi connectivity index (χ0) is 15.1. The molecule has 0 rings (SSSR count). The average Bonchev–Trinajstić information content (AvgIpc) is 2.46. The first-order valence-electron chi connectivity index (χ1n) is 8.03. The number of nitrogens with one attached hydrogen (secondary N) is 2. The second kappa shape index (κ2) is 18.0. The summed E-state index contributed by atoms with van der Waals surface area (Å²) < 4.78 is 5.29. The van der Waals surface area contributed by atoms with Crippen LogP contribution in [-0.2, 0) is 4.74 Å². The second-order valence-corrected chi connectivity index (χ2v) is 4.82. The summed E-state index contributed by atoms with van der Waals surface area (Å²) in [6, 6.07) is 0. The van der Waals surface area contributed by atoms with Crippen LogP contribution in [0.1, 0.15) is 40.0 Å². The van der Waals surface area contributed by atoms with Crippen LogP contribution in [0.15, 0.2) is 4.99 Å². The van der Waals surface area contributed by atoms with E-state index in [1.807, 2.05) is 6.92 Å². The van der Waals surface area contributed by atoms with Gasteiger partial charge >= 0.3 is 0 Å². The van der Waals surface area contributed by atoms with Gasteiger partial charge in [0.05, 0.1) is 6.61 Å². The van der Waals surface area contributed by atoms with Gasteiger partial charge in [-0.15, -0.1) is 24.0 Å². The molecule has 128 valence electrons. The van der Waals surface area contributed by atoms with Gasteiger partial charge in [-0.05, 0) is 45.8 Å². The smallest absolute Gasteiger partial charge is 0.191 e. The quantitative estimate of drug-likeness (QED) is 0.223. The van der Waals surface area contributed by atoms with Gasteiger partial charge in [-0.3, -0.25) is 4.99 Å². The number of aliphatic imine (C=N–C) groups is 1. The summed E-state index contributed by atoms with van der Waals surface area (Å²) >= 11 is 0. The number of ether oxygens (including phenoxy) is 1. The first-order chi connectivity index (χ1) is 9.78. The van der Waals surface area contributed by atoms with Gasteiger partial charge in [-0.1, -0.05) is 13.8 Å². The predicted molar refractivity (Wildman–Crippen MR) is 103 cm³/mol. The molecule has 6 heteroatoms. The summed E-state index contributed by atoms with van der Waals surface area (Å²) in [5, 5.41) is 6.59. The van der Waals surface area contributed by atoms with Gasteiger partial charge in [0.2, 0.25) is 0 Å². The lowest BCUT2D eigenvalue weighted by atomic mass is 10.3. The molecular formula is C15H35IN4O. The number of hydrogen-bond donors (Lipinski definition) is 2. The summed E-state index contributed by atoms with van der Waals surface area (Å²) in [4.78, 5) is 6.73. The first kappa shape index (κ1) is 23.2. The van der Waals surface area contributed by atoms with Crippen molar-refractivity contribution in [1.82, 2.24) is 15.5 Å². The third-order valence-electron chi connectivity index (χ3n) is 2.99. The predicted octanol–water partition coefficient (Wildman–Crippen LogP) is 2.32. The molecule has 0 aromatic heterocycles. The molecule has 0 aromatic rings. The SMILES string of the molecule is CCCN(CCC)CCCNC(=NC)NCCOCC.I. The molecule has 21 heavy (non-hydrogen) atoms. The highest BCUT2D eigenvalue weighted by molar-refractivity contribution is 14.0. The molecule has 0 bridgehead atoms. The van der Waals surface area contributed by atoms with E-state index in [0.29, 0.717) is 0 Å². The van der Waals surface area contributed by atoms with Gasteiger partial charge < -0.3 is 20.3 Å². The minimum absolute atomic E-state index is 0. The molecular weight excluding hydrogens is 379 g/mol. The van der Waals surface area contributed by atoms with Gasteiger partial charge in [0.1, 0.15) is 0 Å². The van der Waals surface area contributed by atoms with Crippen LogP contribution in [0.25, 0.3) is 0 Å². The van der Waals surface area contributed by atoms with Crippen molar-refractivity contribution < 1.29 is 4.74 Å². The third kappa shape index (κ3) is 14.6. The molecule has 5 nitrogen and oxygen atoms in total. The minimum Gasteiger partial charge on any atom is -0.380 e. The molecule has 0 aromatic carbocycles. The highest BCUT2D eigenvalue weighted by atomic mass is 127. The number of nitrogens with zero attached hydrogens (tertiary/aromatic N) is 2. The average molecular weight is 414 g/mol. The fourth-order valence-corrected chi connectivity index (χ4v) is 2.08.